The van der Waals surface area contributed by atoms with Crippen LogP contribution in [-0.2, 0) is 13.1 Å². The van der Waals surface area contributed by atoms with Gasteiger partial charge in [-0.15, -0.1) is 0 Å². The molecule has 3 rings (SSSR count). The molecular formula is C17H18N4O. The molecule has 0 aliphatic rings. The van der Waals surface area contributed by atoms with E-state index in [1.807, 2.05) is 19.2 Å². The van der Waals surface area contributed by atoms with Crippen molar-refractivity contribution >= 4 is 0 Å². The number of aryl methyl sites for hydroxylation is 1. The molecule has 0 N–H and O–H groups in total. The lowest BCUT2D eigenvalue weighted by Crippen LogP contribution is -2.17. The fraction of sp³-hybridized carbons (Fsp3) is 0.235. The molecule has 0 atom stereocenters. The maximum absolute atomic E-state index is 5.32. The van der Waals surface area contributed by atoms with Crippen molar-refractivity contribution in [3.8, 4) is 11.4 Å². The molecule has 0 saturated heterocycles. The van der Waals surface area contributed by atoms with E-state index in [9.17, 15) is 0 Å². The van der Waals surface area contributed by atoms with Gasteiger partial charge in [0, 0.05) is 24.5 Å². The van der Waals surface area contributed by atoms with Gasteiger partial charge in [0.2, 0.25) is 11.7 Å². The molecule has 2 aromatic heterocycles. The van der Waals surface area contributed by atoms with Gasteiger partial charge >= 0.3 is 0 Å². The van der Waals surface area contributed by atoms with E-state index < -0.39 is 0 Å². The van der Waals surface area contributed by atoms with Gasteiger partial charge in [0.15, 0.2) is 0 Å². The Kier molecular flexibility index (Phi) is 4.25. The molecule has 2 heterocycles. The van der Waals surface area contributed by atoms with E-state index >= 15 is 0 Å². The number of hydrogen-bond donors (Lipinski definition) is 0. The summed E-state index contributed by atoms with van der Waals surface area (Å²) in [5.41, 5.74) is 3.40. The second-order valence-corrected chi connectivity index (χ2v) is 5.41. The van der Waals surface area contributed by atoms with Crippen LogP contribution in [0.4, 0.5) is 0 Å². The largest absolute Gasteiger partial charge is 0.338 e. The molecule has 1 aromatic carbocycles. The summed E-state index contributed by atoms with van der Waals surface area (Å²) in [6.07, 6.45) is 3.45. The van der Waals surface area contributed by atoms with Crippen molar-refractivity contribution in [2.24, 2.45) is 0 Å². The van der Waals surface area contributed by atoms with Crippen LogP contribution in [0.2, 0.25) is 0 Å². The first-order valence-corrected chi connectivity index (χ1v) is 7.18. The predicted molar refractivity (Wildman–Crippen MR) is 83.9 cm³/mol. The zero-order valence-electron chi connectivity index (χ0n) is 12.7. The van der Waals surface area contributed by atoms with Gasteiger partial charge in [-0.1, -0.05) is 35.0 Å². The average molecular weight is 294 g/mol. The van der Waals surface area contributed by atoms with E-state index in [1.54, 1.807) is 12.4 Å². The maximum Gasteiger partial charge on any atom is 0.241 e. The van der Waals surface area contributed by atoms with Crippen LogP contribution in [0.5, 0.6) is 0 Å². The smallest absolute Gasteiger partial charge is 0.241 e. The molecule has 0 saturated carbocycles. The molecule has 0 unspecified atom stereocenters. The molecule has 0 aliphatic carbocycles. The topological polar surface area (TPSA) is 55.1 Å². The van der Waals surface area contributed by atoms with E-state index in [2.05, 4.69) is 51.2 Å². The molecular weight excluding hydrogens is 276 g/mol. The highest BCUT2D eigenvalue weighted by Crippen LogP contribution is 2.15. The fourth-order valence-electron chi connectivity index (χ4n) is 2.34. The zero-order valence-corrected chi connectivity index (χ0v) is 12.7. The molecule has 0 fully saturated rings. The van der Waals surface area contributed by atoms with E-state index in [0.29, 0.717) is 18.3 Å². The van der Waals surface area contributed by atoms with Gasteiger partial charge in [-0.25, -0.2) is 0 Å². The van der Waals surface area contributed by atoms with Gasteiger partial charge in [0.1, 0.15) is 0 Å². The van der Waals surface area contributed by atoms with Crippen molar-refractivity contribution in [1.82, 2.24) is 20.0 Å². The van der Waals surface area contributed by atoms with Gasteiger partial charge in [-0.05, 0) is 31.7 Å². The lowest BCUT2D eigenvalue weighted by molar-refractivity contribution is 0.261. The Morgan fingerprint density at radius 2 is 2.05 bits per heavy atom. The fourth-order valence-corrected chi connectivity index (χ4v) is 2.34. The van der Waals surface area contributed by atoms with E-state index in [-0.39, 0.29) is 0 Å². The number of aromatic nitrogens is 3. The molecule has 112 valence electrons. The SMILES string of the molecule is Cc1cccc(CN(C)Cc2nc(-c3cccnc3)no2)c1. The van der Waals surface area contributed by atoms with Crippen molar-refractivity contribution in [2.75, 3.05) is 7.05 Å². The Morgan fingerprint density at radius 1 is 1.14 bits per heavy atom. The summed E-state index contributed by atoms with van der Waals surface area (Å²) in [5.74, 6) is 1.18. The minimum Gasteiger partial charge on any atom is -0.338 e. The molecule has 22 heavy (non-hydrogen) atoms. The first-order valence-electron chi connectivity index (χ1n) is 7.18. The highest BCUT2D eigenvalue weighted by atomic mass is 16.5. The van der Waals surface area contributed by atoms with Crippen LogP contribution < -0.4 is 0 Å². The molecule has 0 bridgehead atoms. The number of benzene rings is 1. The minimum atomic E-state index is 0.576. The van der Waals surface area contributed by atoms with Crippen molar-refractivity contribution in [3.05, 3.63) is 65.8 Å². The lowest BCUT2D eigenvalue weighted by atomic mass is 10.1. The highest BCUT2D eigenvalue weighted by Gasteiger charge is 2.11. The van der Waals surface area contributed by atoms with Gasteiger partial charge in [0.25, 0.3) is 0 Å². The van der Waals surface area contributed by atoms with Crippen LogP contribution in [0, 0.1) is 6.92 Å². The Hall–Kier alpha value is -2.53. The van der Waals surface area contributed by atoms with Crippen molar-refractivity contribution in [1.29, 1.82) is 0 Å². The number of rotatable bonds is 5. The van der Waals surface area contributed by atoms with Crippen LogP contribution in [0.3, 0.4) is 0 Å². The van der Waals surface area contributed by atoms with Crippen LogP contribution >= 0.6 is 0 Å². The average Bonchev–Trinajstić information content (AvgIpc) is 2.96. The molecule has 0 spiro atoms. The molecule has 5 heteroatoms. The molecule has 0 amide bonds. The lowest BCUT2D eigenvalue weighted by Gasteiger charge is -2.14. The summed E-state index contributed by atoms with van der Waals surface area (Å²) >= 11 is 0. The van der Waals surface area contributed by atoms with Crippen molar-refractivity contribution in [3.63, 3.8) is 0 Å². The third-order valence-electron chi connectivity index (χ3n) is 3.33. The van der Waals surface area contributed by atoms with Crippen LogP contribution in [0.25, 0.3) is 11.4 Å². The van der Waals surface area contributed by atoms with E-state index in [1.165, 1.54) is 11.1 Å². The Bertz CT molecular complexity index is 739. The van der Waals surface area contributed by atoms with Gasteiger partial charge in [-0.2, -0.15) is 4.98 Å². The van der Waals surface area contributed by atoms with Gasteiger partial charge in [-0.3, -0.25) is 9.88 Å². The van der Waals surface area contributed by atoms with Gasteiger partial charge < -0.3 is 4.52 Å². The maximum atomic E-state index is 5.32. The monoisotopic (exact) mass is 294 g/mol. The normalized spacial score (nSPS) is 11.0. The quantitative estimate of drug-likeness (QED) is 0.724. The van der Waals surface area contributed by atoms with Crippen LogP contribution in [0.15, 0.2) is 53.3 Å². The van der Waals surface area contributed by atoms with Crippen LogP contribution in [0.1, 0.15) is 17.0 Å². The minimum absolute atomic E-state index is 0.576. The predicted octanol–water partition coefficient (Wildman–Crippen LogP) is 3.07. The number of pyridine rings is 1. The van der Waals surface area contributed by atoms with E-state index in [4.69, 9.17) is 4.52 Å². The van der Waals surface area contributed by atoms with E-state index in [0.717, 1.165) is 12.1 Å². The summed E-state index contributed by atoms with van der Waals surface area (Å²) in [6, 6.07) is 12.3. The standard InChI is InChI=1S/C17H18N4O/c1-13-5-3-6-14(9-13)11-21(2)12-16-19-17(20-22-16)15-7-4-8-18-10-15/h3-10H,11-12H2,1-2H3. The zero-order chi connectivity index (χ0) is 15.4. The summed E-state index contributed by atoms with van der Waals surface area (Å²) < 4.78 is 5.32. The number of nitrogens with zero attached hydrogens (tertiary/aromatic N) is 4. The summed E-state index contributed by atoms with van der Waals surface area (Å²) in [5, 5.41) is 4.01. The molecule has 0 radical (unpaired) electrons. The molecule has 5 nitrogen and oxygen atoms in total. The number of hydrogen-bond acceptors (Lipinski definition) is 5. The van der Waals surface area contributed by atoms with Crippen molar-refractivity contribution < 1.29 is 4.52 Å². The Labute approximate surface area is 129 Å². The first kappa shape index (κ1) is 14.4. The highest BCUT2D eigenvalue weighted by molar-refractivity contribution is 5.51. The van der Waals surface area contributed by atoms with Crippen molar-refractivity contribution in [2.45, 2.75) is 20.0 Å². The Morgan fingerprint density at radius 3 is 2.82 bits per heavy atom. The second-order valence-electron chi connectivity index (χ2n) is 5.41. The Balaban J connectivity index is 1.65. The third kappa shape index (κ3) is 3.56. The summed E-state index contributed by atoms with van der Waals surface area (Å²) in [7, 11) is 2.04. The summed E-state index contributed by atoms with van der Waals surface area (Å²) in [4.78, 5) is 10.6. The third-order valence-corrected chi connectivity index (χ3v) is 3.33. The van der Waals surface area contributed by atoms with Gasteiger partial charge in [0.05, 0.1) is 6.54 Å². The molecule has 0 aliphatic heterocycles. The molecule has 3 aromatic rings. The summed E-state index contributed by atoms with van der Waals surface area (Å²) in [6.45, 7) is 3.55. The second kappa shape index (κ2) is 6.49. The first-order chi connectivity index (χ1) is 10.7. The van der Waals surface area contributed by atoms with Crippen LogP contribution in [-0.4, -0.2) is 27.1 Å².